The molecule has 2 aliphatic heterocycles. The van der Waals surface area contributed by atoms with Gasteiger partial charge in [-0.3, -0.25) is 14.4 Å². The number of carbonyl (C=O) groups is 3. The fourth-order valence-electron chi connectivity index (χ4n) is 3.53. The number of hydrogen-bond acceptors (Lipinski definition) is 4. The maximum absolute atomic E-state index is 12.8. The van der Waals surface area contributed by atoms with Gasteiger partial charge < -0.3 is 15.1 Å². The fraction of sp³-hybridized carbons (Fsp3) is 0.526. The molecule has 0 aromatic heterocycles. The highest BCUT2D eigenvalue weighted by Crippen LogP contribution is 2.35. The number of likely N-dealkylation sites (tertiary alicyclic amines) is 1. The van der Waals surface area contributed by atoms with E-state index in [1.165, 1.54) is 11.8 Å². The van der Waals surface area contributed by atoms with E-state index < -0.39 is 0 Å². The second kappa shape index (κ2) is 7.31. The van der Waals surface area contributed by atoms with Crippen molar-refractivity contribution in [1.82, 2.24) is 10.2 Å². The van der Waals surface area contributed by atoms with Gasteiger partial charge in [0.15, 0.2) is 0 Å². The van der Waals surface area contributed by atoms with Crippen LogP contribution in [0.1, 0.15) is 25.7 Å². The Morgan fingerprint density at radius 3 is 2.81 bits per heavy atom. The summed E-state index contributed by atoms with van der Waals surface area (Å²) in [5, 5.41) is 3.04. The van der Waals surface area contributed by atoms with Crippen molar-refractivity contribution in [2.75, 3.05) is 30.3 Å². The second-order valence-corrected chi connectivity index (χ2v) is 8.22. The molecule has 1 aliphatic carbocycles. The third-order valence-electron chi connectivity index (χ3n) is 5.17. The number of piperidine rings is 1. The minimum atomic E-state index is -0.131. The molecule has 7 heteroatoms. The van der Waals surface area contributed by atoms with Crippen LogP contribution in [0.3, 0.4) is 0 Å². The van der Waals surface area contributed by atoms with E-state index in [-0.39, 0.29) is 30.2 Å². The first-order valence-corrected chi connectivity index (χ1v) is 10.2. The lowest BCUT2D eigenvalue weighted by Gasteiger charge is -2.35. The average molecular weight is 373 g/mol. The number of carbonyl (C=O) groups excluding carboxylic acids is 3. The summed E-state index contributed by atoms with van der Waals surface area (Å²) < 4.78 is 0. The van der Waals surface area contributed by atoms with Gasteiger partial charge in [-0.05, 0) is 37.8 Å². The molecule has 1 saturated heterocycles. The molecule has 0 radical (unpaired) electrons. The van der Waals surface area contributed by atoms with Crippen molar-refractivity contribution in [1.29, 1.82) is 0 Å². The number of hydrogen-bond donors (Lipinski definition) is 1. The number of thioether (sulfide) groups is 1. The predicted molar refractivity (Wildman–Crippen MR) is 100.0 cm³/mol. The molecule has 3 aliphatic rings. The molecule has 26 heavy (non-hydrogen) atoms. The molecule has 6 nitrogen and oxygen atoms in total. The van der Waals surface area contributed by atoms with Crippen LogP contribution in [0.15, 0.2) is 29.2 Å². The third kappa shape index (κ3) is 3.72. The first-order valence-electron chi connectivity index (χ1n) is 9.22. The monoisotopic (exact) mass is 373 g/mol. The number of amides is 3. The SMILES string of the molecule is O=C(NC1CC1)C1CCCN(C(=O)CN2C(=O)CSc3ccccc32)C1. The van der Waals surface area contributed by atoms with Crippen LogP contribution in [0.5, 0.6) is 0 Å². The molecule has 1 aromatic carbocycles. The standard InChI is InChI=1S/C19H23N3O3S/c23-17(11-22-15-5-1-2-6-16(15)26-12-18(22)24)21-9-3-4-13(10-21)19(25)20-14-7-8-14/h1-2,5-6,13-14H,3-4,7-12H2,(H,20,25). The molecule has 4 rings (SSSR count). The summed E-state index contributed by atoms with van der Waals surface area (Å²) in [6.45, 7) is 1.16. The van der Waals surface area contributed by atoms with Crippen LogP contribution in [0, 0.1) is 5.92 Å². The molecule has 1 atom stereocenters. The number of nitrogens with zero attached hydrogens (tertiary/aromatic N) is 2. The van der Waals surface area contributed by atoms with E-state index in [4.69, 9.17) is 0 Å². The van der Waals surface area contributed by atoms with Crippen molar-refractivity contribution < 1.29 is 14.4 Å². The van der Waals surface area contributed by atoms with Gasteiger partial charge in [0.1, 0.15) is 6.54 Å². The number of para-hydroxylation sites is 1. The first-order chi connectivity index (χ1) is 12.6. The van der Waals surface area contributed by atoms with Gasteiger partial charge in [0.25, 0.3) is 0 Å². The Hall–Kier alpha value is -2.02. The zero-order chi connectivity index (χ0) is 18.1. The van der Waals surface area contributed by atoms with Crippen LogP contribution in [-0.2, 0) is 14.4 Å². The Bertz CT molecular complexity index is 734. The summed E-state index contributed by atoms with van der Waals surface area (Å²) in [7, 11) is 0. The fourth-order valence-corrected chi connectivity index (χ4v) is 4.46. The minimum Gasteiger partial charge on any atom is -0.353 e. The van der Waals surface area contributed by atoms with Crippen LogP contribution in [0.25, 0.3) is 0 Å². The first kappa shape index (κ1) is 17.4. The van der Waals surface area contributed by atoms with Crippen molar-refractivity contribution in [3.8, 4) is 0 Å². The van der Waals surface area contributed by atoms with Gasteiger partial charge in [0, 0.05) is 24.0 Å². The van der Waals surface area contributed by atoms with E-state index in [0.29, 0.717) is 24.9 Å². The Balaban J connectivity index is 1.41. The zero-order valence-electron chi connectivity index (χ0n) is 14.6. The number of anilines is 1. The molecule has 3 amide bonds. The topological polar surface area (TPSA) is 69.7 Å². The summed E-state index contributed by atoms with van der Waals surface area (Å²) in [6, 6.07) is 8.02. The van der Waals surface area contributed by atoms with E-state index in [1.54, 1.807) is 9.80 Å². The maximum Gasteiger partial charge on any atom is 0.242 e. The van der Waals surface area contributed by atoms with Crippen molar-refractivity contribution in [2.45, 2.75) is 36.6 Å². The van der Waals surface area contributed by atoms with E-state index in [2.05, 4.69) is 5.32 Å². The minimum absolute atomic E-state index is 0.0397. The highest BCUT2D eigenvalue weighted by molar-refractivity contribution is 8.00. The Labute approximate surface area is 157 Å². The van der Waals surface area contributed by atoms with E-state index in [9.17, 15) is 14.4 Å². The van der Waals surface area contributed by atoms with Crippen molar-refractivity contribution in [3.05, 3.63) is 24.3 Å². The molecule has 1 N–H and O–H groups in total. The van der Waals surface area contributed by atoms with Crippen LogP contribution >= 0.6 is 11.8 Å². The number of benzene rings is 1. The summed E-state index contributed by atoms with van der Waals surface area (Å²) in [6.07, 6.45) is 3.78. The molecule has 0 spiro atoms. The molecule has 2 fully saturated rings. The highest BCUT2D eigenvalue weighted by Gasteiger charge is 2.33. The summed E-state index contributed by atoms with van der Waals surface area (Å²) in [4.78, 5) is 41.8. The van der Waals surface area contributed by atoms with Gasteiger partial charge >= 0.3 is 0 Å². The van der Waals surface area contributed by atoms with Crippen LogP contribution in [0.4, 0.5) is 5.69 Å². The Kier molecular flexibility index (Phi) is 4.89. The van der Waals surface area contributed by atoms with Gasteiger partial charge in [0.2, 0.25) is 17.7 Å². The van der Waals surface area contributed by atoms with Crippen molar-refractivity contribution in [3.63, 3.8) is 0 Å². The van der Waals surface area contributed by atoms with Gasteiger partial charge in [-0.25, -0.2) is 0 Å². The molecule has 1 unspecified atom stereocenters. The molecule has 1 aromatic rings. The van der Waals surface area contributed by atoms with Crippen molar-refractivity contribution in [2.24, 2.45) is 5.92 Å². The van der Waals surface area contributed by atoms with Gasteiger partial charge in [-0.1, -0.05) is 12.1 Å². The quantitative estimate of drug-likeness (QED) is 0.871. The van der Waals surface area contributed by atoms with E-state index in [0.717, 1.165) is 36.3 Å². The van der Waals surface area contributed by atoms with Gasteiger partial charge in [-0.15, -0.1) is 11.8 Å². The summed E-state index contributed by atoms with van der Waals surface area (Å²) >= 11 is 1.51. The predicted octanol–water partition coefficient (Wildman–Crippen LogP) is 1.64. The highest BCUT2D eigenvalue weighted by atomic mass is 32.2. The average Bonchev–Trinajstić information content (AvgIpc) is 3.48. The smallest absolute Gasteiger partial charge is 0.242 e. The van der Waals surface area contributed by atoms with Crippen LogP contribution in [0.2, 0.25) is 0 Å². The lowest BCUT2D eigenvalue weighted by atomic mass is 9.97. The number of nitrogens with one attached hydrogen (secondary N) is 1. The van der Waals surface area contributed by atoms with E-state index in [1.807, 2.05) is 24.3 Å². The second-order valence-electron chi connectivity index (χ2n) is 7.20. The summed E-state index contributed by atoms with van der Waals surface area (Å²) in [5.41, 5.74) is 0.808. The lowest BCUT2D eigenvalue weighted by molar-refractivity contribution is -0.135. The Morgan fingerprint density at radius 2 is 2.00 bits per heavy atom. The normalized spacial score (nSPS) is 22.8. The third-order valence-corrected chi connectivity index (χ3v) is 6.22. The number of fused-ring (bicyclic) bond motifs is 1. The van der Waals surface area contributed by atoms with Gasteiger partial charge in [0.05, 0.1) is 17.4 Å². The molecule has 2 heterocycles. The maximum atomic E-state index is 12.8. The molecular weight excluding hydrogens is 350 g/mol. The van der Waals surface area contributed by atoms with E-state index >= 15 is 0 Å². The zero-order valence-corrected chi connectivity index (χ0v) is 15.5. The molecule has 138 valence electrons. The molecular formula is C19H23N3O3S. The Morgan fingerprint density at radius 1 is 1.19 bits per heavy atom. The number of rotatable bonds is 4. The van der Waals surface area contributed by atoms with Crippen LogP contribution in [-0.4, -0.2) is 54.1 Å². The molecule has 0 bridgehead atoms. The van der Waals surface area contributed by atoms with Gasteiger partial charge in [-0.2, -0.15) is 0 Å². The van der Waals surface area contributed by atoms with Crippen molar-refractivity contribution >= 4 is 35.2 Å². The largest absolute Gasteiger partial charge is 0.353 e. The van der Waals surface area contributed by atoms with Crippen LogP contribution < -0.4 is 10.2 Å². The molecule has 1 saturated carbocycles. The lowest BCUT2D eigenvalue weighted by Crippen LogP contribution is -2.50. The summed E-state index contributed by atoms with van der Waals surface area (Å²) in [5.74, 6) is 0.177.